The average molecular weight is 631 g/mol. The van der Waals surface area contributed by atoms with Gasteiger partial charge in [-0.3, -0.25) is 18.9 Å². The number of alkyl halides is 1. The number of aryl methyl sites for hydroxylation is 1. The van der Waals surface area contributed by atoms with Crippen molar-refractivity contribution in [2.45, 2.75) is 25.4 Å². The second-order valence-corrected chi connectivity index (χ2v) is 12.0. The fraction of sp³-hybridized carbons (Fsp3) is 0.310. The third kappa shape index (κ3) is 6.53. The molecule has 1 atom stereocenters. The molecule has 1 aliphatic heterocycles. The highest BCUT2D eigenvalue weighted by Crippen LogP contribution is 2.31. The Labute approximate surface area is 250 Å². The Balaban J connectivity index is 1.37. The molecule has 0 aliphatic carbocycles. The first-order valence-electron chi connectivity index (χ1n) is 13.6. The van der Waals surface area contributed by atoms with E-state index in [1.54, 1.807) is 0 Å². The largest absolute Gasteiger partial charge is 0.469 e. The highest BCUT2D eigenvalue weighted by molar-refractivity contribution is 7.90. The van der Waals surface area contributed by atoms with Crippen molar-refractivity contribution in [1.29, 1.82) is 0 Å². The van der Waals surface area contributed by atoms with E-state index in [4.69, 9.17) is 4.74 Å². The highest BCUT2D eigenvalue weighted by atomic mass is 32.2. The number of fused-ring (bicyclic) bond motifs is 1. The fourth-order valence-electron chi connectivity index (χ4n) is 4.95. The van der Waals surface area contributed by atoms with E-state index < -0.39 is 44.8 Å². The zero-order chi connectivity index (χ0) is 31.6. The van der Waals surface area contributed by atoms with Crippen LogP contribution in [0, 0.1) is 11.6 Å². The van der Waals surface area contributed by atoms with Crippen LogP contribution in [-0.2, 0) is 39.6 Å². The van der Waals surface area contributed by atoms with Crippen LogP contribution in [0.2, 0.25) is 0 Å². The number of aromatic nitrogens is 3. The lowest BCUT2D eigenvalue weighted by atomic mass is 10.0. The van der Waals surface area contributed by atoms with Crippen LogP contribution >= 0.6 is 0 Å². The lowest BCUT2D eigenvalue weighted by Crippen LogP contribution is -2.34. The molecule has 2 aromatic heterocycles. The van der Waals surface area contributed by atoms with E-state index in [9.17, 15) is 26.8 Å². The topological polar surface area (TPSA) is 136 Å². The number of anilines is 2. The van der Waals surface area contributed by atoms with Crippen molar-refractivity contribution >= 4 is 38.8 Å². The minimum atomic E-state index is -4.32. The Morgan fingerprint density at radius 2 is 1.93 bits per heavy atom. The molecule has 2 N–H and O–H groups in total. The molecule has 1 aliphatic rings. The van der Waals surface area contributed by atoms with Crippen LogP contribution in [0.1, 0.15) is 17.5 Å². The van der Waals surface area contributed by atoms with Crippen molar-refractivity contribution in [3.8, 4) is 11.1 Å². The summed E-state index contributed by atoms with van der Waals surface area (Å²) in [5.41, 5.74) is -0.466. The molecule has 1 saturated heterocycles. The van der Waals surface area contributed by atoms with Gasteiger partial charge in [0.15, 0.2) is 5.82 Å². The molecule has 0 saturated carbocycles. The predicted octanol–water partition coefficient (Wildman–Crippen LogP) is 3.34. The summed E-state index contributed by atoms with van der Waals surface area (Å²) in [6.45, 7) is -0.0302. The number of methoxy groups -OCH3 is 1. The van der Waals surface area contributed by atoms with Crippen molar-refractivity contribution in [3.63, 3.8) is 0 Å². The third-order valence-electron chi connectivity index (χ3n) is 7.25. The minimum Gasteiger partial charge on any atom is -0.469 e. The Kier molecular flexibility index (Phi) is 8.87. The van der Waals surface area contributed by atoms with Crippen molar-refractivity contribution in [2.75, 3.05) is 36.8 Å². The number of pyridine rings is 1. The third-order valence-corrected chi connectivity index (χ3v) is 8.73. The summed E-state index contributed by atoms with van der Waals surface area (Å²) in [5.74, 6) is -2.49. The Bertz CT molecular complexity index is 1900. The molecule has 44 heavy (non-hydrogen) atoms. The van der Waals surface area contributed by atoms with Crippen LogP contribution in [-0.4, -0.2) is 66.1 Å². The highest BCUT2D eigenvalue weighted by Gasteiger charge is 2.32. The molecule has 0 amide bonds. The second-order valence-electron chi connectivity index (χ2n) is 10.3. The molecular formula is C29H29F3N6O5S. The molecule has 0 spiro atoms. The van der Waals surface area contributed by atoms with Crippen LogP contribution in [0.25, 0.3) is 22.2 Å². The van der Waals surface area contributed by atoms with Gasteiger partial charge in [-0.25, -0.2) is 18.2 Å². The van der Waals surface area contributed by atoms with E-state index in [-0.39, 0.29) is 49.1 Å². The van der Waals surface area contributed by atoms with Gasteiger partial charge in [-0.2, -0.15) is 17.7 Å². The molecule has 0 bridgehead atoms. The van der Waals surface area contributed by atoms with Crippen molar-refractivity contribution < 1.29 is 31.1 Å². The van der Waals surface area contributed by atoms with Gasteiger partial charge in [0.1, 0.15) is 17.6 Å². The summed E-state index contributed by atoms with van der Waals surface area (Å²) >= 11 is 0. The average Bonchev–Trinajstić information content (AvgIpc) is 3.45. The Morgan fingerprint density at radius 3 is 2.66 bits per heavy atom. The first-order valence-corrected chi connectivity index (χ1v) is 15.1. The molecule has 232 valence electrons. The van der Waals surface area contributed by atoms with Gasteiger partial charge in [-0.05, 0) is 42.2 Å². The standard InChI is InChI=1S/C29H29F3N6O5S/c1-37-27-19(15-34-29(35-27)33-10-8-17-4-3-5-18(12-17)13-24(39)43-2)14-21(28(37)40)25-22(31)6-7-23(26(25)32)36-44(41,42)38-11-9-20(30)16-38/h3-7,12,14-15,20,36H,8-11,13,16H2,1-2H3,(H,33,34,35)/t20-/m1/s1. The van der Waals surface area contributed by atoms with E-state index in [0.29, 0.717) is 18.4 Å². The second kappa shape index (κ2) is 12.6. The first kappa shape index (κ1) is 30.9. The number of esters is 1. The number of benzene rings is 2. The molecule has 0 unspecified atom stereocenters. The van der Waals surface area contributed by atoms with Gasteiger partial charge < -0.3 is 10.1 Å². The van der Waals surface area contributed by atoms with Crippen LogP contribution in [0.5, 0.6) is 0 Å². The van der Waals surface area contributed by atoms with Crippen LogP contribution in [0.15, 0.2) is 53.5 Å². The lowest BCUT2D eigenvalue weighted by molar-refractivity contribution is -0.139. The maximum atomic E-state index is 15.6. The summed E-state index contributed by atoms with van der Waals surface area (Å²) in [4.78, 5) is 33.5. The number of hydrogen-bond donors (Lipinski definition) is 2. The summed E-state index contributed by atoms with van der Waals surface area (Å²) in [6, 6.07) is 10.5. The van der Waals surface area contributed by atoms with Gasteiger partial charge in [-0.1, -0.05) is 24.3 Å². The predicted molar refractivity (Wildman–Crippen MR) is 158 cm³/mol. The summed E-state index contributed by atoms with van der Waals surface area (Å²) in [6.07, 6.45) is 0.813. The maximum absolute atomic E-state index is 15.6. The molecule has 5 rings (SSSR count). The Hall–Kier alpha value is -4.50. The fourth-order valence-corrected chi connectivity index (χ4v) is 6.22. The van der Waals surface area contributed by atoms with Gasteiger partial charge in [0.2, 0.25) is 5.95 Å². The number of carbonyl (C=O) groups excluding carboxylic acids is 1. The van der Waals surface area contributed by atoms with Gasteiger partial charge in [-0.15, -0.1) is 0 Å². The van der Waals surface area contributed by atoms with Gasteiger partial charge in [0.05, 0.1) is 30.3 Å². The number of nitrogens with zero attached hydrogens (tertiary/aromatic N) is 4. The lowest BCUT2D eigenvalue weighted by Gasteiger charge is -2.18. The molecule has 3 heterocycles. The molecule has 0 radical (unpaired) electrons. The molecular weight excluding hydrogens is 601 g/mol. The molecule has 15 heteroatoms. The molecule has 1 fully saturated rings. The van der Waals surface area contributed by atoms with E-state index in [1.165, 1.54) is 26.4 Å². The van der Waals surface area contributed by atoms with E-state index in [0.717, 1.165) is 32.1 Å². The van der Waals surface area contributed by atoms with Crippen LogP contribution in [0.3, 0.4) is 0 Å². The number of ether oxygens (including phenoxy) is 1. The number of carbonyl (C=O) groups is 1. The van der Waals surface area contributed by atoms with Crippen molar-refractivity contribution in [2.24, 2.45) is 7.05 Å². The zero-order valence-electron chi connectivity index (χ0n) is 23.8. The van der Waals surface area contributed by atoms with Crippen molar-refractivity contribution in [1.82, 2.24) is 18.8 Å². The van der Waals surface area contributed by atoms with Gasteiger partial charge in [0, 0.05) is 38.3 Å². The molecule has 4 aromatic rings. The van der Waals surface area contributed by atoms with Crippen LogP contribution in [0.4, 0.5) is 24.8 Å². The SMILES string of the molecule is COC(=O)Cc1cccc(CCNc2ncc3cc(-c4c(F)ccc(NS(=O)(=O)N5CC[C@@H](F)C5)c4F)c(=O)n(C)c3n2)c1. The zero-order valence-corrected chi connectivity index (χ0v) is 24.6. The smallest absolute Gasteiger partial charge is 0.309 e. The summed E-state index contributed by atoms with van der Waals surface area (Å²) in [5, 5.41) is 3.39. The van der Waals surface area contributed by atoms with E-state index >= 15 is 4.39 Å². The monoisotopic (exact) mass is 630 g/mol. The number of hydrogen-bond acceptors (Lipinski definition) is 8. The first-order chi connectivity index (χ1) is 21.0. The Morgan fingerprint density at radius 1 is 1.16 bits per heavy atom. The normalized spacial score (nSPS) is 15.4. The van der Waals surface area contributed by atoms with Gasteiger partial charge >= 0.3 is 16.2 Å². The maximum Gasteiger partial charge on any atom is 0.309 e. The quantitative estimate of drug-likeness (QED) is 0.255. The van der Waals surface area contributed by atoms with Crippen LogP contribution < -0.4 is 15.6 Å². The van der Waals surface area contributed by atoms with Crippen molar-refractivity contribution in [3.05, 3.63) is 81.8 Å². The molecule has 11 nitrogen and oxygen atoms in total. The molecule has 2 aromatic carbocycles. The minimum absolute atomic E-state index is 0.0108. The van der Waals surface area contributed by atoms with Gasteiger partial charge in [0.25, 0.3) is 5.56 Å². The number of nitrogens with one attached hydrogen (secondary N) is 2. The number of halogens is 3. The summed E-state index contributed by atoms with van der Waals surface area (Å²) in [7, 11) is -1.60. The number of rotatable bonds is 10. The summed E-state index contributed by atoms with van der Waals surface area (Å²) < 4.78 is 78.2. The van der Waals surface area contributed by atoms with E-state index in [1.807, 2.05) is 29.0 Å². The van der Waals surface area contributed by atoms with E-state index in [2.05, 4.69) is 15.3 Å².